The number of hydrogen-bond acceptors (Lipinski definition) is 6. The summed E-state index contributed by atoms with van der Waals surface area (Å²) in [4.78, 5) is 35.0. The molecule has 3 atom stereocenters. The van der Waals surface area contributed by atoms with Gasteiger partial charge in [0.25, 0.3) is 0 Å². The van der Waals surface area contributed by atoms with E-state index in [1.807, 2.05) is 0 Å². The van der Waals surface area contributed by atoms with Crippen molar-refractivity contribution in [2.24, 2.45) is 5.41 Å². The van der Waals surface area contributed by atoms with Crippen LogP contribution in [0.25, 0.3) is 0 Å². The highest BCUT2D eigenvalue weighted by Crippen LogP contribution is 2.49. The molecule has 0 amide bonds. The van der Waals surface area contributed by atoms with E-state index in [2.05, 4.69) is 0 Å². The molecule has 3 aliphatic heterocycles. The van der Waals surface area contributed by atoms with Crippen molar-refractivity contribution in [3.05, 3.63) is 11.1 Å². The lowest BCUT2D eigenvalue weighted by Gasteiger charge is -2.34. The molecule has 0 aromatic heterocycles. The molecule has 0 aromatic carbocycles. The molecule has 3 aliphatic rings. The maximum Gasteiger partial charge on any atom is 0.343 e. The van der Waals surface area contributed by atoms with Crippen LogP contribution in [0.1, 0.15) is 25.7 Å². The Morgan fingerprint density at radius 2 is 1.24 bits per heavy atom. The Kier molecular flexibility index (Phi) is 4.81. The molecule has 3 saturated heterocycles. The van der Waals surface area contributed by atoms with Gasteiger partial charge in [-0.3, -0.25) is 0 Å². The molecule has 3 rings (SSSR count). The molecule has 0 bridgehead atoms. The zero-order valence-corrected chi connectivity index (χ0v) is 13.5. The van der Waals surface area contributed by atoms with Gasteiger partial charge >= 0.3 is 17.9 Å². The molecule has 3 fully saturated rings. The summed E-state index contributed by atoms with van der Waals surface area (Å²) in [5.74, 6) is -5.05. The Hall–Kier alpha value is -1.97. The molecule has 9 nitrogen and oxygen atoms in total. The molecule has 0 radical (unpaired) electrons. The van der Waals surface area contributed by atoms with Gasteiger partial charge in [-0.15, -0.1) is 0 Å². The van der Waals surface area contributed by atoms with Crippen molar-refractivity contribution < 1.29 is 43.9 Å². The number of rotatable bonds is 11. The lowest BCUT2D eigenvalue weighted by atomic mass is 9.67. The third-order valence-electron chi connectivity index (χ3n) is 4.81. The second kappa shape index (κ2) is 6.74. The van der Waals surface area contributed by atoms with Gasteiger partial charge in [-0.2, -0.15) is 0 Å². The summed E-state index contributed by atoms with van der Waals surface area (Å²) in [5, 5.41) is 28.4. The van der Waals surface area contributed by atoms with Gasteiger partial charge in [0.2, 0.25) is 0 Å². The van der Waals surface area contributed by atoms with E-state index in [-0.39, 0.29) is 31.2 Å². The molecule has 0 spiro atoms. The summed E-state index contributed by atoms with van der Waals surface area (Å²) in [6.07, 6.45) is 0.962. The maximum absolute atomic E-state index is 12.0. The van der Waals surface area contributed by atoms with Crippen molar-refractivity contribution in [1.82, 2.24) is 0 Å². The van der Waals surface area contributed by atoms with E-state index in [9.17, 15) is 29.7 Å². The Morgan fingerprint density at radius 3 is 1.56 bits per heavy atom. The topological polar surface area (TPSA) is 149 Å². The monoisotopic (exact) mass is 356 g/mol. The highest BCUT2D eigenvalue weighted by atomic mass is 16.6. The highest BCUT2D eigenvalue weighted by Gasteiger charge is 2.50. The zero-order chi connectivity index (χ0) is 18.2. The fourth-order valence-electron chi connectivity index (χ4n) is 3.44. The minimum absolute atomic E-state index is 0.00719. The maximum atomic E-state index is 12.0. The molecule has 0 aromatic rings. The molecule has 0 saturated carbocycles. The zero-order valence-electron chi connectivity index (χ0n) is 13.5. The summed E-state index contributed by atoms with van der Waals surface area (Å²) in [7, 11) is 0. The van der Waals surface area contributed by atoms with Crippen molar-refractivity contribution in [2.75, 3.05) is 19.8 Å². The Balaban J connectivity index is 2.05. The largest absolute Gasteiger partial charge is 0.478 e. The van der Waals surface area contributed by atoms with Gasteiger partial charge < -0.3 is 29.5 Å². The molecule has 3 heterocycles. The lowest BCUT2D eigenvalue weighted by Crippen LogP contribution is -2.36. The predicted molar refractivity (Wildman–Crippen MR) is 80.1 cm³/mol. The highest BCUT2D eigenvalue weighted by molar-refractivity contribution is 6.17. The fraction of sp³-hybridized carbons (Fsp3) is 0.688. The van der Waals surface area contributed by atoms with Crippen LogP contribution >= 0.6 is 0 Å². The van der Waals surface area contributed by atoms with E-state index in [1.54, 1.807) is 0 Å². The first-order chi connectivity index (χ1) is 11.8. The van der Waals surface area contributed by atoms with Gasteiger partial charge in [0.1, 0.15) is 0 Å². The number of carbonyl (C=O) groups is 3. The van der Waals surface area contributed by atoms with Crippen molar-refractivity contribution >= 4 is 17.9 Å². The summed E-state index contributed by atoms with van der Waals surface area (Å²) in [5.41, 5.74) is -2.81. The predicted octanol–water partition coefficient (Wildman–Crippen LogP) is 0.280. The van der Waals surface area contributed by atoms with Crippen LogP contribution in [0, 0.1) is 5.41 Å². The number of ether oxygens (including phenoxy) is 3. The van der Waals surface area contributed by atoms with E-state index in [0.29, 0.717) is 32.7 Å². The van der Waals surface area contributed by atoms with Crippen molar-refractivity contribution in [3.8, 4) is 0 Å². The Bertz CT molecular complexity index is 581. The van der Waals surface area contributed by atoms with E-state index < -0.39 is 34.5 Å². The number of carboxylic acids is 3. The van der Waals surface area contributed by atoms with E-state index in [1.165, 1.54) is 0 Å². The summed E-state index contributed by atoms with van der Waals surface area (Å²) in [6.45, 7) is 1.48. The average Bonchev–Trinajstić information content (AvgIpc) is 3.32. The number of carboxylic acid groups (broad SMARTS) is 3. The smallest absolute Gasteiger partial charge is 0.343 e. The van der Waals surface area contributed by atoms with Crippen LogP contribution in [0.3, 0.4) is 0 Å². The first-order valence-electron chi connectivity index (χ1n) is 8.12. The minimum atomic E-state index is -1.76. The van der Waals surface area contributed by atoms with Crippen LogP contribution in [0.5, 0.6) is 0 Å². The van der Waals surface area contributed by atoms with Crippen LogP contribution in [0.15, 0.2) is 11.1 Å². The van der Waals surface area contributed by atoms with Crippen LogP contribution in [0.2, 0.25) is 0 Å². The first kappa shape index (κ1) is 17.8. The fourth-order valence-corrected chi connectivity index (χ4v) is 3.44. The summed E-state index contributed by atoms with van der Waals surface area (Å²) in [6, 6.07) is 0. The van der Waals surface area contributed by atoms with Gasteiger partial charge in [0, 0.05) is 5.41 Å². The molecular formula is C16H20O9. The number of aliphatic carboxylic acids is 3. The quantitative estimate of drug-likeness (QED) is 0.205. The molecule has 0 aliphatic carbocycles. The average molecular weight is 356 g/mol. The Morgan fingerprint density at radius 1 is 0.800 bits per heavy atom. The number of epoxide rings is 3. The normalized spacial score (nSPS) is 28.6. The third-order valence-corrected chi connectivity index (χ3v) is 4.81. The molecule has 138 valence electrons. The van der Waals surface area contributed by atoms with E-state index in [0.717, 1.165) is 0 Å². The van der Waals surface area contributed by atoms with Crippen molar-refractivity contribution in [1.29, 1.82) is 0 Å². The third kappa shape index (κ3) is 4.36. The number of hydrogen-bond donors (Lipinski definition) is 3. The van der Waals surface area contributed by atoms with Gasteiger partial charge in [-0.25, -0.2) is 14.4 Å². The summed E-state index contributed by atoms with van der Waals surface area (Å²) >= 11 is 0. The van der Waals surface area contributed by atoms with Crippen LogP contribution in [-0.4, -0.2) is 71.4 Å². The first-order valence-corrected chi connectivity index (χ1v) is 8.12. The van der Waals surface area contributed by atoms with Gasteiger partial charge in [0.15, 0.2) is 5.57 Å². The molecule has 3 N–H and O–H groups in total. The van der Waals surface area contributed by atoms with Gasteiger partial charge in [0.05, 0.1) is 43.7 Å². The second-order valence-electron chi connectivity index (χ2n) is 6.76. The molecular weight excluding hydrogens is 336 g/mol. The minimum Gasteiger partial charge on any atom is -0.478 e. The van der Waals surface area contributed by atoms with Crippen molar-refractivity contribution in [3.63, 3.8) is 0 Å². The molecule has 9 heteroatoms. The van der Waals surface area contributed by atoms with E-state index >= 15 is 0 Å². The van der Waals surface area contributed by atoms with Crippen LogP contribution in [0.4, 0.5) is 0 Å². The van der Waals surface area contributed by atoms with Crippen LogP contribution < -0.4 is 0 Å². The second-order valence-corrected chi connectivity index (χ2v) is 6.76. The van der Waals surface area contributed by atoms with Crippen LogP contribution in [-0.2, 0) is 28.6 Å². The lowest BCUT2D eigenvalue weighted by molar-refractivity contribution is -0.143. The Labute approximate surface area is 143 Å². The molecule has 3 unspecified atom stereocenters. The summed E-state index contributed by atoms with van der Waals surface area (Å²) < 4.78 is 15.7. The van der Waals surface area contributed by atoms with Gasteiger partial charge in [-0.05, 0) is 25.7 Å². The van der Waals surface area contributed by atoms with Crippen molar-refractivity contribution in [2.45, 2.75) is 44.0 Å². The standard InChI is InChI=1S/C16H20O9/c17-13(18)11(14(19)20)12(15(21)22)16(3-9-6-24-9,4-10-7-25-10)2-1-8-5-23-8/h8-10H,1-7H2,(H,17,18)(H,19,20)(H,21,22). The van der Waals surface area contributed by atoms with E-state index in [4.69, 9.17) is 14.2 Å². The molecule has 25 heavy (non-hydrogen) atoms. The SMILES string of the molecule is O=C(O)C(C(=O)O)=C(C(=O)O)C(CCC1CO1)(CC1CO1)CC1CO1. The van der Waals surface area contributed by atoms with Gasteiger partial charge in [-0.1, -0.05) is 0 Å².